The Bertz CT molecular complexity index is 397. The van der Waals surface area contributed by atoms with E-state index < -0.39 is 0 Å². The number of hydrogen-bond acceptors (Lipinski definition) is 4. The fraction of sp³-hybridized carbons (Fsp3) is 0.857. The number of rotatable bonds is 4. The van der Waals surface area contributed by atoms with Gasteiger partial charge in [-0.25, -0.2) is 4.79 Å². The summed E-state index contributed by atoms with van der Waals surface area (Å²) in [4.78, 5) is 20.4. The average molecular weight is 282 g/mol. The molecule has 1 unspecified atom stereocenters. The molecule has 20 heavy (non-hydrogen) atoms. The van der Waals surface area contributed by atoms with E-state index in [2.05, 4.69) is 23.7 Å². The Morgan fingerprint density at radius 2 is 2.15 bits per heavy atom. The summed E-state index contributed by atoms with van der Waals surface area (Å²) in [5.74, 6) is 0.490. The number of nitrogens with zero attached hydrogens (tertiary/aromatic N) is 3. The quantitative estimate of drug-likeness (QED) is 0.837. The molecule has 1 spiro atoms. The van der Waals surface area contributed by atoms with Gasteiger partial charge < -0.3 is 20.3 Å². The van der Waals surface area contributed by atoms with Crippen molar-refractivity contribution >= 4 is 11.9 Å². The first-order valence-electron chi connectivity index (χ1n) is 7.40. The smallest absolute Gasteiger partial charge is 0.346 e. The second kappa shape index (κ2) is 6.10. The molecule has 6 nitrogen and oxygen atoms in total. The maximum atomic E-state index is 12.1. The lowest BCUT2D eigenvalue weighted by atomic mass is 9.88. The fourth-order valence-corrected chi connectivity index (χ4v) is 3.26. The van der Waals surface area contributed by atoms with E-state index in [1.54, 1.807) is 7.11 Å². The molecule has 1 fully saturated rings. The number of aliphatic imine (C=N–C) groups is 1. The highest BCUT2D eigenvalue weighted by Gasteiger charge is 2.48. The van der Waals surface area contributed by atoms with Crippen molar-refractivity contribution in [1.82, 2.24) is 9.80 Å². The zero-order valence-corrected chi connectivity index (χ0v) is 12.8. The van der Waals surface area contributed by atoms with Crippen molar-refractivity contribution in [2.45, 2.75) is 44.7 Å². The summed E-state index contributed by atoms with van der Waals surface area (Å²) < 4.78 is 5.12. The molecule has 2 aliphatic heterocycles. The minimum Gasteiger partial charge on any atom is -0.385 e. The number of carbonyl (C=O) groups is 1. The van der Waals surface area contributed by atoms with Gasteiger partial charge >= 0.3 is 6.03 Å². The lowest BCUT2D eigenvalue weighted by molar-refractivity contribution is 0.114. The summed E-state index contributed by atoms with van der Waals surface area (Å²) in [6.45, 7) is 7.49. The van der Waals surface area contributed by atoms with Gasteiger partial charge in [-0.2, -0.15) is 4.99 Å². The van der Waals surface area contributed by atoms with Crippen LogP contribution < -0.4 is 5.73 Å². The van der Waals surface area contributed by atoms with Crippen LogP contribution in [0, 0.1) is 0 Å². The molecule has 0 aliphatic carbocycles. The Labute approximate surface area is 121 Å². The Morgan fingerprint density at radius 1 is 1.40 bits per heavy atom. The van der Waals surface area contributed by atoms with Gasteiger partial charge in [-0.3, -0.25) is 0 Å². The molecule has 114 valence electrons. The van der Waals surface area contributed by atoms with Crippen LogP contribution in [0.15, 0.2) is 4.99 Å². The molecule has 1 saturated heterocycles. The van der Waals surface area contributed by atoms with Crippen LogP contribution in [0.25, 0.3) is 0 Å². The van der Waals surface area contributed by atoms with Gasteiger partial charge in [0.05, 0.1) is 6.61 Å². The molecule has 2 amide bonds. The van der Waals surface area contributed by atoms with Crippen molar-refractivity contribution in [3.63, 3.8) is 0 Å². The van der Waals surface area contributed by atoms with Crippen LogP contribution in [0.5, 0.6) is 0 Å². The van der Waals surface area contributed by atoms with E-state index in [-0.39, 0.29) is 11.6 Å². The molecule has 6 heteroatoms. The normalized spacial score (nSPS) is 28.3. The highest BCUT2D eigenvalue weighted by atomic mass is 16.5. The van der Waals surface area contributed by atoms with E-state index in [9.17, 15) is 4.79 Å². The minimum absolute atomic E-state index is 0.211. The lowest BCUT2D eigenvalue weighted by Crippen LogP contribution is -2.55. The first kappa shape index (κ1) is 15.3. The van der Waals surface area contributed by atoms with Crippen molar-refractivity contribution in [3.05, 3.63) is 0 Å². The maximum Gasteiger partial charge on any atom is 0.346 e. The van der Waals surface area contributed by atoms with Crippen LogP contribution in [0.3, 0.4) is 0 Å². The van der Waals surface area contributed by atoms with Crippen molar-refractivity contribution < 1.29 is 9.53 Å². The van der Waals surface area contributed by atoms with Crippen molar-refractivity contribution in [1.29, 1.82) is 0 Å². The third-order valence-corrected chi connectivity index (χ3v) is 4.54. The predicted octanol–water partition coefficient (Wildman–Crippen LogP) is 1.06. The van der Waals surface area contributed by atoms with E-state index in [4.69, 9.17) is 10.5 Å². The molecule has 2 aliphatic rings. The van der Waals surface area contributed by atoms with Crippen molar-refractivity contribution in [2.24, 2.45) is 10.7 Å². The van der Waals surface area contributed by atoms with Gasteiger partial charge in [0.1, 0.15) is 11.4 Å². The number of ether oxygens (including phenoxy) is 1. The molecule has 0 aromatic rings. The third kappa shape index (κ3) is 2.67. The van der Waals surface area contributed by atoms with E-state index in [1.165, 1.54) is 0 Å². The lowest BCUT2D eigenvalue weighted by Gasteiger charge is -2.37. The fourth-order valence-electron chi connectivity index (χ4n) is 3.26. The Balaban J connectivity index is 2.17. The number of amides is 2. The number of amidine groups is 1. The molecule has 2 rings (SSSR count). The number of methoxy groups -OCH3 is 1. The summed E-state index contributed by atoms with van der Waals surface area (Å²) in [6.07, 6.45) is 2.78. The largest absolute Gasteiger partial charge is 0.385 e. The summed E-state index contributed by atoms with van der Waals surface area (Å²) in [6, 6.07) is 0.311. The van der Waals surface area contributed by atoms with Gasteiger partial charge in [0.2, 0.25) is 0 Å². The first-order valence-corrected chi connectivity index (χ1v) is 7.40. The van der Waals surface area contributed by atoms with Crippen molar-refractivity contribution in [3.8, 4) is 0 Å². The highest BCUT2D eigenvalue weighted by Crippen LogP contribution is 2.34. The molecule has 0 aromatic carbocycles. The van der Waals surface area contributed by atoms with Gasteiger partial charge in [-0.15, -0.1) is 0 Å². The van der Waals surface area contributed by atoms with E-state index in [0.717, 1.165) is 32.4 Å². The first-order chi connectivity index (χ1) is 9.51. The number of likely N-dealkylation sites (tertiary alicyclic amines) is 1. The molecule has 0 saturated carbocycles. The van der Waals surface area contributed by atoms with Gasteiger partial charge in [0.15, 0.2) is 0 Å². The topological polar surface area (TPSA) is 71.2 Å². The van der Waals surface area contributed by atoms with Crippen LogP contribution >= 0.6 is 0 Å². The summed E-state index contributed by atoms with van der Waals surface area (Å²) in [5.41, 5.74) is 5.73. The predicted molar refractivity (Wildman–Crippen MR) is 78.9 cm³/mol. The number of nitrogens with two attached hydrogens (primary N) is 1. The van der Waals surface area contributed by atoms with Gasteiger partial charge in [0, 0.05) is 26.2 Å². The second-order valence-electron chi connectivity index (χ2n) is 5.94. The van der Waals surface area contributed by atoms with E-state index >= 15 is 0 Å². The average Bonchev–Trinajstić information content (AvgIpc) is 2.58. The Morgan fingerprint density at radius 3 is 2.80 bits per heavy atom. The number of carbonyl (C=O) groups excluding carboxylic acids is 1. The molecule has 0 aromatic heterocycles. The zero-order chi connectivity index (χ0) is 14.8. The molecule has 0 radical (unpaired) electrons. The minimum atomic E-state index is -0.390. The van der Waals surface area contributed by atoms with Gasteiger partial charge in [-0.1, -0.05) is 0 Å². The summed E-state index contributed by atoms with van der Waals surface area (Å²) >= 11 is 0. The van der Waals surface area contributed by atoms with Crippen LogP contribution in [0.1, 0.15) is 33.1 Å². The Kier molecular flexibility index (Phi) is 4.65. The summed E-state index contributed by atoms with van der Waals surface area (Å²) in [5, 5.41) is 0. The standard InChI is InChI=1S/C14H26N4O2/c1-11(2)17-7-4-5-14(6-8-17)12(15)16-13(19)18(14)9-10-20-3/h11H,4-10H2,1-3H3,(H2,15,16,19). The van der Waals surface area contributed by atoms with Crippen LogP contribution in [-0.4, -0.2) is 66.6 Å². The Hall–Kier alpha value is -1.14. The number of hydrogen-bond donors (Lipinski definition) is 1. The molecule has 1 atom stereocenters. The highest BCUT2D eigenvalue weighted by molar-refractivity contribution is 6.05. The van der Waals surface area contributed by atoms with E-state index in [0.29, 0.717) is 25.0 Å². The SMILES string of the molecule is COCCN1C(=O)N=C(N)C12CCCN(C(C)C)CC2. The van der Waals surface area contributed by atoms with Crippen molar-refractivity contribution in [2.75, 3.05) is 33.4 Å². The second-order valence-corrected chi connectivity index (χ2v) is 5.94. The van der Waals surface area contributed by atoms with Gasteiger partial charge in [0.25, 0.3) is 0 Å². The molecule has 0 bridgehead atoms. The van der Waals surface area contributed by atoms with Crippen LogP contribution in [0.2, 0.25) is 0 Å². The molecular formula is C14H26N4O2. The third-order valence-electron chi connectivity index (χ3n) is 4.54. The summed E-state index contributed by atoms with van der Waals surface area (Å²) in [7, 11) is 1.64. The monoisotopic (exact) mass is 282 g/mol. The molecule has 2 heterocycles. The van der Waals surface area contributed by atoms with Crippen LogP contribution in [0.4, 0.5) is 4.79 Å². The molecular weight excluding hydrogens is 256 g/mol. The van der Waals surface area contributed by atoms with E-state index in [1.807, 2.05) is 4.90 Å². The van der Waals surface area contributed by atoms with Crippen LogP contribution in [-0.2, 0) is 4.74 Å². The zero-order valence-electron chi connectivity index (χ0n) is 12.8. The maximum absolute atomic E-state index is 12.1. The van der Waals surface area contributed by atoms with Gasteiger partial charge in [-0.05, 0) is 39.7 Å². The molecule has 2 N–H and O–H groups in total. The number of urea groups is 1.